The van der Waals surface area contributed by atoms with Gasteiger partial charge in [0.25, 0.3) is 0 Å². The molecule has 0 radical (unpaired) electrons. The second-order valence-corrected chi connectivity index (χ2v) is 7.94. The number of esters is 1. The first-order chi connectivity index (χ1) is 11.8. The molecule has 1 aromatic rings. The largest absolute Gasteiger partial charge is 0.480 e. The van der Waals surface area contributed by atoms with Gasteiger partial charge in [-0.3, -0.25) is 0 Å². The molecule has 1 aromatic carbocycles. The number of benzene rings is 1. The summed E-state index contributed by atoms with van der Waals surface area (Å²) < 4.78 is 10.4. The quantitative estimate of drug-likeness (QED) is 0.777. The van der Waals surface area contributed by atoms with Gasteiger partial charge in [-0.1, -0.05) is 12.1 Å². The number of carboxylic acids is 1. The van der Waals surface area contributed by atoms with Gasteiger partial charge < -0.3 is 19.9 Å². The van der Waals surface area contributed by atoms with Gasteiger partial charge >= 0.3 is 18.0 Å². The van der Waals surface area contributed by atoms with Crippen LogP contribution in [0, 0.1) is 0 Å². The zero-order chi connectivity index (χ0) is 20.1. The summed E-state index contributed by atoms with van der Waals surface area (Å²) in [5.41, 5.74) is -0.291. The molecular weight excluding hydrogens is 338 g/mol. The van der Waals surface area contributed by atoms with E-state index in [-0.39, 0.29) is 6.42 Å². The summed E-state index contributed by atoms with van der Waals surface area (Å²) in [6, 6.07) is 5.25. The topological polar surface area (TPSA) is 102 Å². The van der Waals surface area contributed by atoms with Crippen molar-refractivity contribution >= 4 is 18.0 Å². The van der Waals surface area contributed by atoms with Crippen LogP contribution < -0.4 is 5.32 Å². The van der Waals surface area contributed by atoms with E-state index < -0.39 is 35.3 Å². The Morgan fingerprint density at radius 1 is 0.962 bits per heavy atom. The highest BCUT2D eigenvalue weighted by atomic mass is 16.6. The van der Waals surface area contributed by atoms with E-state index in [1.165, 1.54) is 0 Å². The second kappa shape index (κ2) is 8.21. The van der Waals surface area contributed by atoms with Gasteiger partial charge in [-0.05, 0) is 59.2 Å². The third kappa shape index (κ3) is 8.00. The molecule has 0 aliphatic carbocycles. The summed E-state index contributed by atoms with van der Waals surface area (Å²) in [4.78, 5) is 35.2. The molecule has 2 N–H and O–H groups in total. The van der Waals surface area contributed by atoms with Crippen LogP contribution in [0.25, 0.3) is 0 Å². The van der Waals surface area contributed by atoms with Crippen LogP contribution in [0.1, 0.15) is 57.5 Å². The van der Waals surface area contributed by atoms with Crippen LogP contribution in [0.15, 0.2) is 24.3 Å². The van der Waals surface area contributed by atoms with Crippen molar-refractivity contribution in [3.8, 4) is 0 Å². The summed E-state index contributed by atoms with van der Waals surface area (Å²) >= 11 is 0. The van der Waals surface area contributed by atoms with Gasteiger partial charge in [-0.25, -0.2) is 14.4 Å². The minimum absolute atomic E-state index is 0.0587. The number of carboxylic acid groups (broad SMARTS) is 1. The number of rotatable bonds is 5. The number of carbonyl (C=O) groups excluding carboxylic acids is 2. The molecular formula is C19H27NO6. The Morgan fingerprint density at radius 2 is 1.46 bits per heavy atom. The highest BCUT2D eigenvalue weighted by Gasteiger charge is 2.24. The molecule has 0 bridgehead atoms. The Kier molecular flexibility index (Phi) is 6.78. The number of hydrogen-bond acceptors (Lipinski definition) is 5. The van der Waals surface area contributed by atoms with Crippen LogP contribution in [0.4, 0.5) is 4.79 Å². The fourth-order valence-corrected chi connectivity index (χ4v) is 2.00. The number of alkyl carbamates (subject to hydrolysis) is 1. The molecule has 1 atom stereocenters. The van der Waals surface area contributed by atoms with Crippen molar-refractivity contribution in [3.05, 3.63) is 35.4 Å². The van der Waals surface area contributed by atoms with Gasteiger partial charge in [-0.15, -0.1) is 0 Å². The van der Waals surface area contributed by atoms with Crippen LogP contribution in [0.2, 0.25) is 0 Å². The fraction of sp³-hybridized carbons (Fsp3) is 0.526. The monoisotopic (exact) mass is 365 g/mol. The maximum Gasteiger partial charge on any atom is 0.408 e. The van der Waals surface area contributed by atoms with E-state index in [1.807, 2.05) is 0 Å². The van der Waals surface area contributed by atoms with E-state index >= 15 is 0 Å². The number of nitrogens with one attached hydrogen (secondary N) is 1. The third-order valence-corrected chi connectivity index (χ3v) is 3.02. The van der Waals surface area contributed by atoms with Gasteiger partial charge in [0.2, 0.25) is 0 Å². The van der Waals surface area contributed by atoms with Gasteiger partial charge in [0.05, 0.1) is 5.56 Å². The lowest BCUT2D eigenvalue weighted by Crippen LogP contribution is -2.44. The Hall–Kier alpha value is -2.57. The molecule has 0 aliphatic rings. The van der Waals surface area contributed by atoms with Crippen molar-refractivity contribution in [3.63, 3.8) is 0 Å². The average Bonchev–Trinajstić information content (AvgIpc) is 2.43. The van der Waals surface area contributed by atoms with Crippen LogP contribution in [-0.2, 0) is 20.7 Å². The Bertz CT molecular complexity index is 652. The van der Waals surface area contributed by atoms with Gasteiger partial charge in [0.1, 0.15) is 17.2 Å². The molecule has 1 unspecified atom stereocenters. The molecule has 0 saturated heterocycles. The van der Waals surface area contributed by atoms with Crippen molar-refractivity contribution in [1.82, 2.24) is 5.32 Å². The minimum Gasteiger partial charge on any atom is -0.480 e. The predicted molar refractivity (Wildman–Crippen MR) is 96.1 cm³/mol. The average molecular weight is 365 g/mol. The van der Waals surface area contributed by atoms with E-state index in [0.29, 0.717) is 11.1 Å². The summed E-state index contributed by atoms with van der Waals surface area (Å²) in [5, 5.41) is 11.6. The van der Waals surface area contributed by atoms with Gasteiger partial charge in [0, 0.05) is 6.42 Å². The van der Waals surface area contributed by atoms with E-state index in [9.17, 15) is 19.5 Å². The lowest BCUT2D eigenvalue weighted by Gasteiger charge is -2.22. The maximum atomic E-state index is 12.0. The molecule has 0 saturated carbocycles. The molecule has 7 heteroatoms. The first kappa shape index (κ1) is 21.5. The molecule has 7 nitrogen and oxygen atoms in total. The van der Waals surface area contributed by atoms with Crippen LogP contribution in [0.3, 0.4) is 0 Å². The summed E-state index contributed by atoms with van der Waals surface area (Å²) in [6.45, 7) is 10.4. The van der Waals surface area contributed by atoms with E-state index in [1.54, 1.807) is 65.8 Å². The number of amides is 1. The predicted octanol–water partition coefficient (Wildman–Crippen LogP) is 3.16. The van der Waals surface area contributed by atoms with E-state index in [0.717, 1.165) is 0 Å². The van der Waals surface area contributed by atoms with Crippen molar-refractivity contribution in [2.45, 2.75) is 65.2 Å². The third-order valence-electron chi connectivity index (χ3n) is 3.02. The zero-order valence-corrected chi connectivity index (χ0v) is 16.1. The SMILES string of the molecule is CC(C)(C)OC(=O)NC(Cc1ccc(C(=O)OC(C)(C)C)cc1)C(=O)O. The second-order valence-electron chi connectivity index (χ2n) is 7.94. The number of aliphatic carboxylic acids is 1. The van der Waals surface area contributed by atoms with Crippen molar-refractivity contribution in [2.75, 3.05) is 0 Å². The number of hydrogen-bond donors (Lipinski definition) is 2. The van der Waals surface area contributed by atoms with Crippen LogP contribution in [0.5, 0.6) is 0 Å². The molecule has 0 aliphatic heterocycles. The van der Waals surface area contributed by atoms with E-state index in [4.69, 9.17) is 9.47 Å². The normalized spacial score (nSPS) is 12.8. The smallest absolute Gasteiger partial charge is 0.408 e. The van der Waals surface area contributed by atoms with Crippen LogP contribution in [-0.4, -0.2) is 40.4 Å². The van der Waals surface area contributed by atoms with Gasteiger partial charge in [0.15, 0.2) is 0 Å². The molecule has 0 spiro atoms. The zero-order valence-electron chi connectivity index (χ0n) is 16.1. The molecule has 0 aromatic heterocycles. The highest BCUT2D eigenvalue weighted by molar-refractivity contribution is 5.89. The summed E-state index contributed by atoms with van der Waals surface area (Å²) in [6.07, 6.45) is -0.737. The molecule has 0 fully saturated rings. The van der Waals surface area contributed by atoms with Crippen molar-refractivity contribution < 1.29 is 29.0 Å². The molecule has 0 heterocycles. The van der Waals surface area contributed by atoms with Crippen molar-refractivity contribution in [2.24, 2.45) is 0 Å². The lowest BCUT2D eigenvalue weighted by molar-refractivity contribution is -0.139. The summed E-state index contributed by atoms with van der Waals surface area (Å²) in [5.74, 6) is -1.63. The standard InChI is InChI=1S/C19H27NO6/c1-18(2,3)25-16(23)13-9-7-12(8-10-13)11-14(15(21)22)20-17(24)26-19(4,5)6/h7-10,14H,11H2,1-6H3,(H,20,24)(H,21,22). The van der Waals surface area contributed by atoms with Gasteiger partial charge in [-0.2, -0.15) is 0 Å². The minimum atomic E-state index is -1.17. The highest BCUT2D eigenvalue weighted by Crippen LogP contribution is 2.14. The Labute approximate surface area is 153 Å². The van der Waals surface area contributed by atoms with E-state index in [2.05, 4.69) is 5.32 Å². The molecule has 1 amide bonds. The lowest BCUT2D eigenvalue weighted by atomic mass is 10.0. The Morgan fingerprint density at radius 3 is 1.88 bits per heavy atom. The first-order valence-electron chi connectivity index (χ1n) is 8.31. The first-order valence-corrected chi connectivity index (χ1v) is 8.31. The van der Waals surface area contributed by atoms with Crippen LogP contribution >= 0.6 is 0 Å². The summed E-state index contributed by atoms with van der Waals surface area (Å²) in [7, 11) is 0. The maximum absolute atomic E-state index is 12.0. The number of ether oxygens (including phenoxy) is 2. The fourth-order valence-electron chi connectivity index (χ4n) is 2.00. The molecule has 26 heavy (non-hydrogen) atoms. The molecule has 144 valence electrons. The van der Waals surface area contributed by atoms with Crippen molar-refractivity contribution in [1.29, 1.82) is 0 Å². The number of carbonyl (C=O) groups is 3. The molecule has 1 rings (SSSR count). The Balaban J connectivity index is 2.77.